The number of nitrogens with zero attached hydrogens (tertiary/aromatic N) is 2. The zero-order chi connectivity index (χ0) is 14.5. The highest BCUT2D eigenvalue weighted by molar-refractivity contribution is 6.33. The van der Waals surface area contributed by atoms with Crippen LogP contribution in [-0.2, 0) is 16.0 Å². The third kappa shape index (κ3) is 3.33. The number of esters is 1. The molecule has 0 unspecified atom stereocenters. The SMILES string of the molecule is COC(=O)CCc1nc(-c2ccccc2Cl)ncc1C. The number of ether oxygens (including phenoxy) is 1. The second kappa shape index (κ2) is 6.48. The Kier molecular flexibility index (Phi) is 4.69. The molecule has 0 aliphatic carbocycles. The van der Waals surface area contributed by atoms with Gasteiger partial charge in [0.15, 0.2) is 5.82 Å². The molecule has 0 bridgehead atoms. The Hall–Kier alpha value is -1.94. The fraction of sp³-hybridized carbons (Fsp3) is 0.267. The Morgan fingerprint density at radius 1 is 1.35 bits per heavy atom. The van der Waals surface area contributed by atoms with E-state index in [0.717, 1.165) is 16.8 Å². The van der Waals surface area contributed by atoms with E-state index in [1.807, 2.05) is 25.1 Å². The van der Waals surface area contributed by atoms with Gasteiger partial charge in [0.25, 0.3) is 0 Å². The average molecular weight is 291 g/mol. The second-order valence-corrected chi connectivity index (χ2v) is 4.79. The van der Waals surface area contributed by atoms with Crippen molar-refractivity contribution in [1.82, 2.24) is 9.97 Å². The van der Waals surface area contributed by atoms with Gasteiger partial charge in [0.05, 0.1) is 18.6 Å². The predicted octanol–water partition coefficient (Wildman–Crippen LogP) is 3.21. The number of rotatable bonds is 4. The Bertz CT molecular complexity index is 629. The molecule has 0 N–H and O–H groups in total. The van der Waals surface area contributed by atoms with Crippen molar-refractivity contribution in [2.75, 3.05) is 7.11 Å². The third-order valence-electron chi connectivity index (χ3n) is 2.98. The van der Waals surface area contributed by atoms with Gasteiger partial charge in [-0.25, -0.2) is 9.97 Å². The summed E-state index contributed by atoms with van der Waals surface area (Å²) >= 11 is 6.15. The summed E-state index contributed by atoms with van der Waals surface area (Å²) in [7, 11) is 1.38. The summed E-state index contributed by atoms with van der Waals surface area (Å²) in [6, 6.07) is 7.42. The summed E-state index contributed by atoms with van der Waals surface area (Å²) in [5.41, 5.74) is 2.57. The van der Waals surface area contributed by atoms with E-state index >= 15 is 0 Å². The van der Waals surface area contributed by atoms with Gasteiger partial charge < -0.3 is 4.74 Å². The lowest BCUT2D eigenvalue weighted by Crippen LogP contribution is -2.05. The molecule has 2 rings (SSSR count). The lowest BCUT2D eigenvalue weighted by atomic mass is 10.1. The van der Waals surface area contributed by atoms with Gasteiger partial charge in [0.1, 0.15) is 0 Å². The van der Waals surface area contributed by atoms with Crippen molar-refractivity contribution in [3.63, 3.8) is 0 Å². The maximum Gasteiger partial charge on any atom is 0.305 e. The first-order valence-electron chi connectivity index (χ1n) is 6.26. The third-order valence-corrected chi connectivity index (χ3v) is 3.31. The molecule has 0 fully saturated rings. The summed E-state index contributed by atoms with van der Waals surface area (Å²) in [6.07, 6.45) is 2.58. The Balaban J connectivity index is 2.29. The zero-order valence-electron chi connectivity index (χ0n) is 11.4. The number of carbonyl (C=O) groups is 1. The van der Waals surface area contributed by atoms with Crippen LogP contribution in [-0.4, -0.2) is 23.0 Å². The first-order valence-corrected chi connectivity index (χ1v) is 6.64. The number of hydrogen-bond donors (Lipinski definition) is 0. The van der Waals surface area contributed by atoms with Crippen molar-refractivity contribution in [2.45, 2.75) is 19.8 Å². The monoisotopic (exact) mass is 290 g/mol. The van der Waals surface area contributed by atoms with Gasteiger partial charge in [-0.1, -0.05) is 23.7 Å². The smallest absolute Gasteiger partial charge is 0.305 e. The molecule has 0 saturated carbocycles. The van der Waals surface area contributed by atoms with Crippen LogP contribution in [0.1, 0.15) is 17.7 Å². The van der Waals surface area contributed by atoms with Gasteiger partial charge >= 0.3 is 5.97 Å². The lowest BCUT2D eigenvalue weighted by molar-refractivity contribution is -0.140. The van der Waals surface area contributed by atoms with E-state index in [1.165, 1.54) is 7.11 Å². The molecule has 1 aromatic heterocycles. The van der Waals surface area contributed by atoms with E-state index < -0.39 is 0 Å². The maximum absolute atomic E-state index is 11.2. The molecular weight excluding hydrogens is 276 g/mol. The molecule has 0 aliphatic heterocycles. The molecule has 0 spiro atoms. The van der Waals surface area contributed by atoms with Crippen LogP contribution in [0.15, 0.2) is 30.5 Å². The highest BCUT2D eigenvalue weighted by atomic mass is 35.5. The molecule has 4 nitrogen and oxygen atoms in total. The number of carbonyl (C=O) groups excluding carboxylic acids is 1. The van der Waals surface area contributed by atoms with Crippen LogP contribution in [0.2, 0.25) is 5.02 Å². The molecule has 0 atom stereocenters. The minimum atomic E-state index is -0.248. The molecule has 2 aromatic rings. The topological polar surface area (TPSA) is 52.1 Å². The highest BCUT2D eigenvalue weighted by Crippen LogP contribution is 2.25. The molecule has 0 amide bonds. The van der Waals surface area contributed by atoms with Gasteiger partial charge in [-0.2, -0.15) is 0 Å². The number of hydrogen-bond acceptors (Lipinski definition) is 4. The molecule has 1 heterocycles. The normalized spacial score (nSPS) is 10.3. The molecule has 20 heavy (non-hydrogen) atoms. The van der Waals surface area contributed by atoms with Crippen molar-refractivity contribution in [3.8, 4) is 11.4 Å². The Morgan fingerprint density at radius 2 is 2.10 bits per heavy atom. The average Bonchev–Trinajstić information content (AvgIpc) is 2.47. The maximum atomic E-state index is 11.2. The van der Waals surface area contributed by atoms with Crippen molar-refractivity contribution < 1.29 is 9.53 Å². The summed E-state index contributed by atoms with van der Waals surface area (Å²) < 4.78 is 4.64. The van der Waals surface area contributed by atoms with Crippen molar-refractivity contribution >= 4 is 17.6 Å². The van der Waals surface area contributed by atoms with E-state index in [2.05, 4.69) is 14.7 Å². The first-order chi connectivity index (χ1) is 9.61. The fourth-order valence-electron chi connectivity index (χ4n) is 1.83. The Labute approximate surface area is 122 Å². The van der Waals surface area contributed by atoms with Crippen LogP contribution in [0.5, 0.6) is 0 Å². The van der Waals surface area contributed by atoms with Crippen LogP contribution in [0, 0.1) is 6.92 Å². The van der Waals surface area contributed by atoms with Crippen molar-refractivity contribution in [1.29, 1.82) is 0 Å². The standard InChI is InChI=1S/C15H15ClN2O2/c1-10-9-17-15(11-5-3-4-6-12(11)16)18-13(10)7-8-14(19)20-2/h3-6,9H,7-8H2,1-2H3. The van der Waals surface area contributed by atoms with Crippen LogP contribution in [0.4, 0.5) is 0 Å². The number of halogens is 1. The van der Waals surface area contributed by atoms with Gasteiger partial charge in [-0.15, -0.1) is 0 Å². The molecule has 0 aliphatic rings. The summed E-state index contributed by atoms with van der Waals surface area (Å²) in [4.78, 5) is 20.0. The molecule has 5 heteroatoms. The summed E-state index contributed by atoms with van der Waals surface area (Å²) in [5.74, 6) is 0.323. The van der Waals surface area contributed by atoms with E-state index in [-0.39, 0.29) is 5.97 Å². The van der Waals surface area contributed by atoms with Crippen LogP contribution in [0.25, 0.3) is 11.4 Å². The molecule has 0 saturated heterocycles. The number of benzene rings is 1. The van der Waals surface area contributed by atoms with Crippen LogP contribution in [0.3, 0.4) is 0 Å². The van der Waals surface area contributed by atoms with Crippen LogP contribution < -0.4 is 0 Å². The number of methoxy groups -OCH3 is 1. The van der Waals surface area contributed by atoms with Gasteiger partial charge in [-0.3, -0.25) is 4.79 Å². The lowest BCUT2D eigenvalue weighted by Gasteiger charge is -2.08. The van der Waals surface area contributed by atoms with E-state index in [9.17, 15) is 4.79 Å². The predicted molar refractivity (Wildman–Crippen MR) is 77.6 cm³/mol. The van der Waals surface area contributed by atoms with Crippen LogP contribution >= 0.6 is 11.6 Å². The van der Waals surface area contributed by atoms with Gasteiger partial charge in [0, 0.05) is 23.9 Å². The molecular formula is C15H15ClN2O2. The van der Waals surface area contributed by atoms with E-state index in [4.69, 9.17) is 11.6 Å². The van der Waals surface area contributed by atoms with Crippen molar-refractivity contribution in [3.05, 3.63) is 46.7 Å². The van der Waals surface area contributed by atoms with Gasteiger partial charge in [-0.05, 0) is 24.6 Å². The molecule has 104 valence electrons. The summed E-state index contributed by atoms with van der Waals surface area (Å²) in [6.45, 7) is 1.92. The second-order valence-electron chi connectivity index (χ2n) is 4.38. The fourth-order valence-corrected chi connectivity index (χ4v) is 2.05. The number of aromatic nitrogens is 2. The molecule has 0 radical (unpaired) electrons. The van der Waals surface area contributed by atoms with E-state index in [0.29, 0.717) is 23.7 Å². The quantitative estimate of drug-likeness (QED) is 0.811. The van der Waals surface area contributed by atoms with Crippen molar-refractivity contribution in [2.24, 2.45) is 0 Å². The zero-order valence-corrected chi connectivity index (χ0v) is 12.1. The minimum absolute atomic E-state index is 0.248. The summed E-state index contributed by atoms with van der Waals surface area (Å²) in [5, 5.41) is 0.607. The number of aryl methyl sites for hydroxylation is 2. The minimum Gasteiger partial charge on any atom is -0.469 e. The van der Waals surface area contributed by atoms with E-state index in [1.54, 1.807) is 12.3 Å². The Morgan fingerprint density at radius 3 is 2.80 bits per heavy atom. The first kappa shape index (κ1) is 14.5. The molecule has 1 aromatic carbocycles. The van der Waals surface area contributed by atoms with Gasteiger partial charge in [0.2, 0.25) is 0 Å². The highest BCUT2D eigenvalue weighted by Gasteiger charge is 2.10. The largest absolute Gasteiger partial charge is 0.469 e.